The standard InChI is InChI=1S/C22H22Cl2N6O2/c1-27-19-18(20(31)28(2)22(27)32)29-12-17(14-5-9-16(24)10-6-14)26-30(21(29)25-19)11-13-3-7-15(23)8-4-13/h3-10,18-19,21,25H,11-12H2,1-2H3. The largest absolute Gasteiger partial charge is 0.327 e. The van der Waals surface area contributed by atoms with Crippen molar-refractivity contribution >= 4 is 40.9 Å². The summed E-state index contributed by atoms with van der Waals surface area (Å²) in [4.78, 5) is 30.5. The van der Waals surface area contributed by atoms with Crippen LogP contribution in [-0.2, 0) is 11.3 Å². The highest BCUT2D eigenvalue weighted by Gasteiger charge is 2.55. The Morgan fingerprint density at radius 3 is 2.28 bits per heavy atom. The monoisotopic (exact) mass is 472 g/mol. The molecule has 2 aromatic carbocycles. The summed E-state index contributed by atoms with van der Waals surface area (Å²) >= 11 is 12.1. The Morgan fingerprint density at radius 2 is 1.62 bits per heavy atom. The van der Waals surface area contributed by atoms with Crippen molar-refractivity contribution in [2.24, 2.45) is 5.10 Å². The van der Waals surface area contributed by atoms with Gasteiger partial charge in [0.15, 0.2) is 6.29 Å². The van der Waals surface area contributed by atoms with Crippen LogP contribution in [0.25, 0.3) is 0 Å². The lowest BCUT2D eigenvalue weighted by atomic mass is 10.1. The zero-order valence-electron chi connectivity index (χ0n) is 17.6. The van der Waals surface area contributed by atoms with Crippen LogP contribution in [0.2, 0.25) is 10.0 Å². The van der Waals surface area contributed by atoms with Crippen LogP contribution < -0.4 is 5.32 Å². The number of hydrogen-bond donors (Lipinski definition) is 1. The molecule has 3 heterocycles. The lowest BCUT2D eigenvalue weighted by molar-refractivity contribution is -0.137. The summed E-state index contributed by atoms with van der Waals surface area (Å²) < 4.78 is 0. The number of imide groups is 1. The average molecular weight is 473 g/mol. The van der Waals surface area contributed by atoms with E-state index in [1.165, 1.54) is 11.9 Å². The molecule has 0 aliphatic carbocycles. The Bertz CT molecular complexity index is 1090. The quantitative estimate of drug-likeness (QED) is 0.743. The zero-order valence-corrected chi connectivity index (χ0v) is 19.1. The lowest BCUT2D eigenvalue weighted by Crippen LogP contribution is -2.65. The second-order valence-electron chi connectivity index (χ2n) is 8.17. The highest BCUT2D eigenvalue weighted by atomic mass is 35.5. The van der Waals surface area contributed by atoms with Gasteiger partial charge in [0.1, 0.15) is 12.2 Å². The summed E-state index contributed by atoms with van der Waals surface area (Å²) in [6.45, 7) is 0.961. The molecule has 3 aliphatic heterocycles. The Balaban J connectivity index is 1.53. The maximum absolute atomic E-state index is 13.1. The minimum atomic E-state index is -0.516. The van der Waals surface area contributed by atoms with Gasteiger partial charge in [0.05, 0.1) is 12.3 Å². The first-order chi connectivity index (χ1) is 15.3. The van der Waals surface area contributed by atoms with E-state index in [-0.39, 0.29) is 18.2 Å². The molecule has 0 bridgehead atoms. The van der Waals surface area contributed by atoms with E-state index in [2.05, 4.69) is 10.2 Å². The van der Waals surface area contributed by atoms with Gasteiger partial charge in [-0.3, -0.25) is 20.0 Å². The molecule has 0 aromatic heterocycles. The fraction of sp³-hybridized carbons (Fsp3) is 0.318. The number of rotatable bonds is 3. The van der Waals surface area contributed by atoms with E-state index in [1.807, 2.05) is 53.5 Å². The molecule has 32 heavy (non-hydrogen) atoms. The molecule has 0 saturated carbocycles. The molecule has 3 aliphatic rings. The molecule has 166 valence electrons. The molecule has 2 fully saturated rings. The van der Waals surface area contributed by atoms with Crippen LogP contribution in [0.1, 0.15) is 11.1 Å². The van der Waals surface area contributed by atoms with Crippen molar-refractivity contribution < 1.29 is 9.59 Å². The number of likely N-dealkylation sites (N-methyl/N-ethyl adjacent to an activating group) is 2. The van der Waals surface area contributed by atoms with Gasteiger partial charge in [-0.15, -0.1) is 0 Å². The molecule has 10 heteroatoms. The first kappa shape index (κ1) is 21.2. The third kappa shape index (κ3) is 3.53. The molecule has 2 aromatic rings. The predicted octanol–water partition coefficient (Wildman–Crippen LogP) is 2.62. The van der Waals surface area contributed by atoms with Gasteiger partial charge in [-0.05, 0) is 35.4 Å². The Hall–Kier alpha value is -2.65. The van der Waals surface area contributed by atoms with Crippen LogP contribution in [0.4, 0.5) is 4.79 Å². The molecular formula is C22H22Cl2N6O2. The number of amides is 3. The van der Waals surface area contributed by atoms with Crippen molar-refractivity contribution in [2.45, 2.75) is 25.0 Å². The molecule has 1 N–H and O–H groups in total. The number of benzene rings is 2. The maximum Gasteiger partial charge on any atom is 0.327 e. The van der Waals surface area contributed by atoms with Gasteiger partial charge in [-0.1, -0.05) is 47.5 Å². The van der Waals surface area contributed by atoms with Crippen LogP contribution in [0.15, 0.2) is 53.6 Å². The summed E-state index contributed by atoms with van der Waals surface area (Å²) in [6.07, 6.45) is -0.786. The lowest BCUT2D eigenvalue weighted by Gasteiger charge is -2.41. The van der Waals surface area contributed by atoms with E-state index in [4.69, 9.17) is 28.3 Å². The zero-order chi connectivity index (χ0) is 22.6. The average Bonchev–Trinajstić information content (AvgIpc) is 3.18. The molecule has 0 radical (unpaired) electrons. The number of carbonyl (C=O) groups is 2. The van der Waals surface area contributed by atoms with Crippen LogP contribution >= 0.6 is 23.2 Å². The van der Waals surface area contributed by atoms with Crippen molar-refractivity contribution in [3.8, 4) is 0 Å². The van der Waals surface area contributed by atoms with E-state index in [1.54, 1.807) is 11.9 Å². The molecule has 5 rings (SSSR count). The molecule has 3 atom stereocenters. The number of nitrogens with zero attached hydrogens (tertiary/aromatic N) is 5. The molecule has 3 unspecified atom stereocenters. The summed E-state index contributed by atoms with van der Waals surface area (Å²) in [5.74, 6) is -0.225. The van der Waals surface area contributed by atoms with E-state index >= 15 is 0 Å². The first-order valence-electron chi connectivity index (χ1n) is 10.2. The summed E-state index contributed by atoms with van der Waals surface area (Å²) in [5.41, 5.74) is 2.78. The second-order valence-corrected chi connectivity index (χ2v) is 9.04. The number of hydrogen-bond acceptors (Lipinski definition) is 6. The van der Waals surface area contributed by atoms with Crippen molar-refractivity contribution in [1.29, 1.82) is 0 Å². The SMILES string of the molecule is CN1C(=O)C2C(NC3N(Cc4ccc(Cl)cc4)N=C(c4ccc(Cl)cc4)CN23)N(C)C1=O. The Kier molecular flexibility index (Phi) is 5.33. The highest BCUT2D eigenvalue weighted by Crippen LogP contribution is 2.31. The van der Waals surface area contributed by atoms with E-state index in [9.17, 15) is 9.59 Å². The van der Waals surface area contributed by atoms with Gasteiger partial charge < -0.3 is 4.90 Å². The normalized spacial score (nSPS) is 25.7. The number of nitrogens with one attached hydrogen (secondary N) is 1. The fourth-order valence-corrected chi connectivity index (χ4v) is 4.72. The molecular weight excluding hydrogens is 451 g/mol. The molecule has 2 saturated heterocycles. The van der Waals surface area contributed by atoms with E-state index in [0.717, 1.165) is 16.8 Å². The number of fused-ring (bicyclic) bond motifs is 3. The van der Waals surface area contributed by atoms with Crippen LogP contribution in [-0.4, -0.2) is 76.5 Å². The number of carbonyl (C=O) groups excluding carboxylic acids is 2. The third-order valence-electron chi connectivity index (χ3n) is 6.18. The Labute approximate surface area is 196 Å². The number of halogens is 2. The van der Waals surface area contributed by atoms with Gasteiger partial charge in [-0.25, -0.2) is 9.69 Å². The van der Waals surface area contributed by atoms with Gasteiger partial charge in [0, 0.05) is 30.7 Å². The smallest absolute Gasteiger partial charge is 0.310 e. The van der Waals surface area contributed by atoms with Crippen LogP contribution in [0, 0.1) is 0 Å². The van der Waals surface area contributed by atoms with Gasteiger partial charge in [0.25, 0.3) is 5.91 Å². The minimum absolute atomic E-state index is 0.225. The van der Waals surface area contributed by atoms with E-state index < -0.39 is 12.2 Å². The topological polar surface area (TPSA) is 71.5 Å². The highest BCUT2D eigenvalue weighted by molar-refractivity contribution is 6.30. The van der Waals surface area contributed by atoms with Crippen molar-refractivity contribution in [2.75, 3.05) is 20.6 Å². The van der Waals surface area contributed by atoms with Crippen LogP contribution in [0.3, 0.4) is 0 Å². The van der Waals surface area contributed by atoms with Gasteiger partial charge in [-0.2, -0.15) is 5.10 Å². The molecule has 0 spiro atoms. The van der Waals surface area contributed by atoms with Crippen molar-refractivity contribution in [1.82, 2.24) is 25.0 Å². The van der Waals surface area contributed by atoms with Crippen molar-refractivity contribution in [3.05, 3.63) is 69.7 Å². The maximum atomic E-state index is 13.1. The molecule has 3 amide bonds. The van der Waals surface area contributed by atoms with Gasteiger partial charge in [0.2, 0.25) is 0 Å². The van der Waals surface area contributed by atoms with Crippen molar-refractivity contribution in [3.63, 3.8) is 0 Å². The first-order valence-corrected chi connectivity index (χ1v) is 11.0. The fourth-order valence-electron chi connectivity index (χ4n) is 4.47. The predicted molar refractivity (Wildman–Crippen MR) is 122 cm³/mol. The second kappa shape index (κ2) is 8.04. The number of hydrazone groups is 1. The van der Waals surface area contributed by atoms with E-state index in [0.29, 0.717) is 23.1 Å². The molecule has 8 nitrogen and oxygen atoms in total. The summed E-state index contributed by atoms with van der Waals surface area (Å²) in [7, 11) is 3.23. The third-order valence-corrected chi connectivity index (χ3v) is 6.68. The van der Waals surface area contributed by atoms with Gasteiger partial charge >= 0.3 is 6.03 Å². The summed E-state index contributed by atoms with van der Waals surface area (Å²) in [5, 5.41) is 11.6. The Morgan fingerprint density at radius 1 is 1.00 bits per heavy atom. The minimum Gasteiger partial charge on any atom is -0.310 e. The summed E-state index contributed by atoms with van der Waals surface area (Å²) in [6, 6.07) is 14.2. The number of urea groups is 1. The van der Waals surface area contributed by atoms with Crippen LogP contribution in [0.5, 0.6) is 0 Å².